The molecule has 128 valence electrons. The van der Waals surface area contributed by atoms with Crippen molar-refractivity contribution in [3.8, 4) is 0 Å². The second-order valence-corrected chi connectivity index (χ2v) is 5.93. The molecular formula is C15H31IN6. The fourth-order valence-electron chi connectivity index (χ4n) is 2.22. The summed E-state index contributed by atoms with van der Waals surface area (Å²) in [6, 6.07) is 0.369. The van der Waals surface area contributed by atoms with E-state index >= 15 is 0 Å². The third-order valence-electron chi connectivity index (χ3n) is 3.45. The first-order valence-electron chi connectivity index (χ1n) is 7.96. The van der Waals surface area contributed by atoms with E-state index in [1.54, 1.807) is 6.33 Å². The van der Waals surface area contributed by atoms with Crippen LogP contribution in [0.4, 0.5) is 0 Å². The van der Waals surface area contributed by atoms with Crippen molar-refractivity contribution in [2.24, 2.45) is 16.6 Å². The molecule has 0 radical (unpaired) electrons. The van der Waals surface area contributed by atoms with Gasteiger partial charge in [-0.25, -0.2) is 0 Å². The van der Waals surface area contributed by atoms with E-state index in [9.17, 15) is 0 Å². The summed E-state index contributed by atoms with van der Waals surface area (Å²) in [6.07, 6.45) is 6.23. The first-order valence-corrected chi connectivity index (χ1v) is 7.96. The zero-order valence-corrected chi connectivity index (χ0v) is 16.6. The monoisotopic (exact) mass is 422 g/mol. The van der Waals surface area contributed by atoms with Crippen LogP contribution in [0.15, 0.2) is 11.3 Å². The second-order valence-electron chi connectivity index (χ2n) is 5.93. The SMILES string of the molecule is CCc1nncn1CCN=C(N)NC(C)CCCC(C)C.I. The third kappa shape index (κ3) is 8.55. The number of hydrogen-bond acceptors (Lipinski definition) is 3. The van der Waals surface area contributed by atoms with Crippen LogP contribution in [0.1, 0.15) is 52.8 Å². The number of nitrogens with two attached hydrogens (primary N) is 1. The highest BCUT2D eigenvalue weighted by atomic mass is 127. The van der Waals surface area contributed by atoms with Crippen molar-refractivity contribution in [1.29, 1.82) is 0 Å². The van der Waals surface area contributed by atoms with E-state index in [0.717, 1.165) is 31.1 Å². The summed E-state index contributed by atoms with van der Waals surface area (Å²) in [4.78, 5) is 4.36. The molecule has 0 amide bonds. The smallest absolute Gasteiger partial charge is 0.188 e. The fourth-order valence-corrected chi connectivity index (χ4v) is 2.22. The Bertz CT molecular complexity index is 429. The van der Waals surface area contributed by atoms with Crippen LogP contribution in [0.5, 0.6) is 0 Å². The van der Waals surface area contributed by atoms with Crippen LogP contribution >= 0.6 is 24.0 Å². The molecule has 1 rings (SSSR count). The molecule has 0 aliphatic carbocycles. The summed E-state index contributed by atoms with van der Waals surface area (Å²) in [7, 11) is 0. The molecule has 1 aromatic rings. The topological polar surface area (TPSA) is 81.1 Å². The van der Waals surface area contributed by atoms with Gasteiger partial charge in [-0.15, -0.1) is 34.2 Å². The number of aryl methyl sites for hydroxylation is 1. The minimum atomic E-state index is 0. The Morgan fingerprint density at radius 1 is 1.36 bits per heavy atom. The van der Waals surface area contributed by atoms with Crippen LogP contribution in [0.25, 0.3) is 0 Å². The van der Waals surface area contributed by atoms with E-state index in [4.69, 9.17) is 5.73 Å². The quantitative estimate of drug-likeness (QED) is 0.364. The number of guanidine groups is 1. The fraction of sp³-hybridized carbons (Fsp3) is 0.800. The van der Waals surface area contributed by atoms with Gasteiger partial charge in [0.05, 0.1) is 6.54 Å². The molecule has 1 heterocycles. The van der Waals surface area contributed by atoms with Crippen LogP contribution in [0, 0.1) is 5.92 Å². The van der Waals surface area contributed by atoms with Crippen molar-refractivity contribution in [2.75, 3.05) is 6.54 Å². The molecule has 1 atom stereocenters. The second kappa shape index (κ2) is 11.7. The number of aliphatic imine (C=N–C) groups is 1. The van der Waals surface area contributed by atoms with Crippen molar-refractivity contribution in [2.45, 2.75) is 66.0 Å². The minimum Gasteiger partial charge on any atom is -0.370 e. The molecule has 0 aliphatic heterocycles. The minimum absolute atomic E-state index is 0. The average molecular weight is 422 g/mol. The van der Waals surface area contributed by atoms with Crippen molar-refractivity contribution in [3.05, 3.63) is 12.2 Å². The molecule has 0 saturated carbocycles. The Balaban J connectivity index is 0.00000441. The van der Waals surface area contributed by atoms with Gasteiger partial charge < -0.3 is 15.6 Å². The highest BCUT2D eigenvalue weighted by Gasteiger charge is 2.04. The van der Waals surface area contributed by atoms with Gasteiger partial charge in [-0.2, -0.15) is 0 Å². The molecule has 0 bridgehead atoms. The largest absolute Gasteiger partial charge is 0.370 e. The Kier molecular flexibility index (Phi) is 11.2. The van der Waals surface area contributed by atoms with Gasteiger partial charge in [-0.05, 0) is 19.3 Å². The molecule has 22 heavy (non-hydrogen) atoms. The predicted octanol–water partition coefficient (Wildman–Crippen LogP) is 2.58. The summed E-state index contributed by atoms with van der Waals surface area (Å²) < 4.78 is 2.02. The molecule has 0 spiro atoms. The number of nitrogens with zero attached hydrogens (tertiary/aromatic N) is 4. The molecule has 3 N–H and O–H groups in total. The zero-order chi connectivity index (χ0) is 15.7. The van der Waals surface area contributed by atoms with Gasteiger partial charge in [0.15, 0.2) is 5.96 Å². The van der Waals surface area contributed by atoms with Gasteiger partial charge >= 0.3 is 0 Å². The highest BCUT2D eigenvalue weighted by molar-refractivity contribution is 14.0. The van der Waals surface area contributed by atoms with E-state index in [-0.39, 0.29) is 24.0 Å². The van der Waals surface area contributed by atoms with Crippen LogP contribution in [0.3, 0.4) is 0 Å². The zero-order valence-electron chi connectivity index (χ0n) is 14.2. The van der Waals surface area contributed by atoms with Crippen LogP contribution in [-0.4, -0.2) is 33.3 Å². The van der Waals surface area contributed by atoms with E-state index < -0.39 is 0 Å². The third-order valence-corrected chi connectivity index (χ3v) is 3.45. The van der Waals surface area contributed by atoms with Gasteiger partial charge in [0, 0.05) is 19.0 Å². The molecule has 0 saturated heterocycles. The van der Waals surface area contributed by atoms with E-state index in [2.05, 4.69) is 48.2 Å². The van der Waals surface area contributed by atoms with Gasteiger partial charge in [0.2, 0.25) is 0 Å². The molecule has 7 heteroatoms. The van der Waals surface area contributed by atoms with Crippen molar-refractivity contribution in [3.63, 3.8) is 0 Å². The van der Waals surface area contributed by atoms with E-state index in [1.165, 1.54) is 12.8 Å². The molecule has 0 aromatic carbocycles. The van der Waals surface area contributed by atoms with Gasteiger partial charge in [0.25, 0.3) is 0 Å². The first kappa shape index (κ1) is 21.1. The van der Waals surface area contributed by atoms with Crippen molar-refractivity contribution >= 4 is 29.9 Å². The van der Waals surface area contributed by atoms with Crippen molar-refractivity contribution in [1.82, 2.24) is 20.1 Å². The number of rotatable bonds is 9. The molecular weight excluding hydrogens is 391 g/mol. The lowest BCUT2D eigenvalue weighted by atomic mass is 10.0. The number of nitrogens with one attached hydrogen (secondary N) is 1. The lowest BCUT2D eigenvalue weighted by molar-refractivity contribution is 0.493. The van der Waals surface area contributed by atoms with Gasteiger partial charge in [-0.1, -0.05) is 33.6 Å². The lowest BCUT2D eigenvalue weighted by Gasteiger charge is -2.15. The molecule has 6 nitrogen and oxygen atoms in total. The molecule has 0 fully saturated rings. The maximum Gasteiger partial charge on any atom is 0.188 e. The van der Waals surface area contributed by atoms with E-state index in [0.29, 0.717) is 18.5 Å². The molecule has 1 aromatic heterocycles. The highest BCUT2D eigenvalue weighted by Crippen LogP contribution is 2.07. The maximum absolute atomic E-state index is 5.91. The normalized spacial score (nSPS) is 13.0. The summed E-state index contributed by atoms with van der Waals surface area (Å²) >= 11 is 0. The van der Waals surface area contributed by atoms with Gasteiger partial charge in [-0.3, -0.25) is 4.99 Å². The summed E-state index contributed by atoms with van der Waals surface area (Å²) in [5.74, 6) is 2.27. The standard InChI is InChI=1S/C15H30N6.HI/c1-5-14-20-18-11-21(14)10-9-17-15(16)19-13(4)8-6-7-12(2)3;/h11-13H,5-10H2,1-4H3,(H3,16,17,19);1H. The predicted molar refractivity (Wildman–Crippen MR) is 103 cm³/mol. The average Bonchev–Trinajstić information content (AvgIpc) is 2.85. The van der Waals surface area contributed by atoms with Crippen LogP contribution in [0.2, 0.25) is 0 Å². The number of aromatic nitrogens is 3. The Morgan fingerprint density at radius 3 is 2.73 bits per heavy atom. The Morgan fingerprint density at radius 2 is 2.09 bits per heavy atom. The molecule has 1 unspecified atom stereocenters. The van der Waals surface area contributed by atoms with Crippen molar-refractivity contribution < 1.29 is 0 Å². The van der Waals surface area contributed by atoms with Crippen LogP contribution < -0.4 is 11.1 Å². The number of halogens is 1. The van der Waals surface area contributed by atoms with E-state index in [1.807, 2.05) is 4.57 Å². The van der Waals surface area contributed by atoms with Crippen LogP contribution in [-0.2, 0) is 13.0 Å². The first-order chi connectivity index (χ1) is 10.0. The Labute approximate surface area is 151 Å². The lowest BCUT2D eigenvalue weighted by Crippen LogP contribution is -2.38. The Hall–Kier alpha value is -0.860. The summed E-state index contributed by atoms with van der Waals surface area (Å²) in [5, 5.41) is 11.2. The molecule has 0 aliphatic rings. The maximum atomic E-state index is 5.91. The summed E-state index contributed by atoms with van der Waals surface area (Å²) in [5.41, 5.74) is 5.91. The summed E-state index contributed by atoms with van der Waals surface area (Å²) in [6.45, 7) is 10.1. The van der Waals surface area contributed by atoms with Gasteiger partial charge in [0.1, 0.15) is 12.2 Å². The number of hydrogen-bond donors (Lipinski definition) is 2.